The maximum atomic E-state index is 10.4. The van der Waals surface area contributed by atoms with Gasteiger partial charge in [-0.1, -0.05) is 6.07 Å². The Bertz CT molecular complexity index is 361. The Morgan fingerprint density at radius 2 is 2.07 bits per heavy atom. The number of pyridine rings is 1. The molecule has 5 heteroatoms. The van der Waals surface area contributed by atoms with Crippen molar-refractivity contribution in [3.05, 3.63) is 30.1 Å². The first kappa shape index (κ1) is 11.1. The molecule has 0 atom stereocenters. The summed E-state index contributed by atoms with van der Waals surface area (Å²) in [7, 11) is -3.80. The molecule has 0 aliphatic heterocycles. The lowest BCUT2D eigenvalue weighted by molar-refractivity contribution is 0.480. The van der Waals surface area contributed by atoms with Crippen LogP contribution in [0.1, 0.15) is 18.5 Å². The van der Waals surface area contributed by atoms with Crippen molar-refractivity contribution < 1.29 is 13.0 Å². The van der Waals surface area contributed by atoms with Gasteiger partial charge < -0.3 is 0 Å². The van der Waals surface area contributed by atoms with Crippen LogP contribution in [-0.2, 0) is 16.5 Å². The van der Waals surface area contributed by atoms with Crippen LogP contribution >= 0.6 is 0 Å². The molecule has 0 radical (unpaired) electrons. The molecule has 4 nitrogen and oxygen atoms in total. The molecule has 0 amide bonds. The van der Waals surface area contributed by atoms with Gasteiger partial charge in [0.25, 0.3) is 10.1 Å². The van der Waals surface area contributed by atoms with Gasteiger partial charge in [-0.25, -0.2) is 0 Å². The van der Waals surface area contributed by atoms with Crippen LogP contribution in [0.3, 0.4) is 0 Å². The zero-order valence-corrected chi connectivity index (χ0v) is 8.57. The maximum absolute atomic E-state index is 10.4. The first-order valence-corrected chi connectivity index (χ1v) is 6.04. The van der Waals surface area contributed by atoms with Crippen molar-refractivity contribution in [1.82, 2.24) is 4.98 Å². The zero-order valence-electron chi connectivity index (χ0n) is 7.76. The maximum Gasteiger partial charge on any atom is 0.264 e. The summed E-state index contributed by atoms with van der Waals surface area (Å²) in [5.41, 5.74) is 0.947. The van der Waals surface area contributed by atoms with Crippen LogP contribution in [0.25, 0.3) is 0 Å². The van der Waals surface area contributed by atoms with Crippen LogP contribution in [0.4, 0.5) is 0 Å². The first-order chi connectivity index (χ1) is 6.58. The van der Waals surface area contributed by atoms with Gasteiger partial charge in [0, 0.05) is 11.9 Å². The quantitative estimate of drug-likeness (QED) is 0.593. The second-order valence-electron chi connectivity index (χ2n) is 3.06. The van der Waals surface area contributed by atoms with Crippen molar-refractivity contribution in [2.45, 2.75) is 19.3 Å². The number of nitrogens with zero attached hydrogens (tertiary/aromatic N) is 1. The molecular weight excluding hydrogens is 202 g/mol. The Kier molecular flexibility index (Phi) is 4.03. The molecule has 1 aromatic rings. The Hall–Kier alpha value is -0.940. The summed E-state index contributed by atoms with van der Waals surface area (Å²) in [6.07, 6.45) is 3.64. The number of aryl methyl sites for hydroxylation is 1. The summed E-state index contributed by atoms with van der Waals surface area (Å²) in [6.45, 7) is 0. The average Bonchev–Trinajstić information content (AvgIpc) is 2.13. The van der Waals surface area contributed by atoms with E-state index in [1.54, 1.807) is 6.20 Å². The molecule has 78 valence electrons. The highest BCUT2D eigenvalue weighted by molar-refractivity contribution is 7.85. The van der Waals surface area contributed by atoms with Crippen molar-refractivity contribution in [1.29, 1.82) is 0 Å². The van der Waals surface area contributed by atoms with Gasteiger partial charge in [-0.05, 0) is 31.4 Å². The minimum Gasteiger partial charge on any atom is -0.286 e. The first-order valence-electron chi connectivity index (χ1n) is 4.43. The lowest BCUT2D eigenvalue weighted by Gasteiger charge is -1.99. The van der Waals surface area contributed by atoms with E-state index in [1.165, 1.54) is 0 Å². The Morgan fingerprint density at radius 1 is 1.29 bits per heavy atom. The fraction of sp³-hybridized carbons (Fsp3) is 0.444. The molecule has 0 fully saturated rings. The molecule has 0 bridgehead atoms. The average molecular weight is 215 g/mol. The highest BCUT2D eigenvalue weighted by Crippen LogP contribution is 2.02. The molecule has 0 saturated heterocycles. The molecule has 0 saturated carbocycles. The summed E-state index contributed by atoms with van der Waals surface area (Å²) < 4.78 is 29.2. The number of hydrogen-bond acceptors (Lipinski definition) is 3. The van der Waals surface area contributed by atoms with Crippen LogP contribution < -0.4 is 0 Å². The van der Waals surface area contributed by atoms with Crippen molar-refractivity contribution in [3.63, 3.8) is 0 Å². The summed E-state index contributed by atoms with van der Waals surface area (Å²) in [5.74, 6) is -0.167. The van der Waals surface area contributed by atoms with E-state index in [0.29, 0.717) is 6.42 Å². The third kappa shape index (κ3) is 4.94. The second kappa shape index (κ2) is 5.07. The fourth-order valence-corrected chi connectivity index (χ4v) is 1.71. The molecule has 0 unspecified atom stereocenters. The topological polar surface area (TPSA) is 67.3 Å². The van der Waals surface area contributed by atoms with Gasteiger partial charge in [0.2, 0.25) is 0 Å². The van der Waals surface area contributed by atoms with E-state index in [9.17, 15) is 8.42 Å². The van der Waals surface area contributed by atoms with Gasteiger partial charge >= 0.3 is 0 Å². The molecule has 14 heavy (non-hydrogen) atoms. The van der Waals surface area contributed by atoms with Crippen LogP contribution in [-0.4, -0.2) is 23.7 Å². The standard InChI is InChI=1S/C9H13NO3S/c11-14(12,13)8-4-2-6-9-5-1-3-7-10-9/h1,3,5,7H,2,4,6,8H2,(H,11,12,13). The lowest BCUT2D eigenvalue weighted by Crippen LogP contribution is -2.04. The Balaban J connectivity index is 2.23. The predicted molar refractivity (Wildman–Crippen MR) is 53.6 cm³/mol. The summed E-state index contributed by atoms with van der Waals surface area (Å²) in [4.78, 5) is 4.10. The van der Waals surface area contributed by atoms with Crippen molar-refractivity contribution >= 4 is 10.1 Å². The van der Waals surface area contributed by atoms with Gasteiger partial charge in [-0.2, -0.15) is 8.42 Å². The van der Waals surface area contributed by atoms with Gasteiger partial charge in [0.15, 0.2) is 0 Å². The predicted octanol–water partition coefficient (Wildman–Crippen LogP) is 1.29. The van der Waals surface area contributed by atoms with Crippen molar-refractivity contribution in [3.8, 4) is 0 Å². The number of aromatic nitrogens is 1. The zero-order chi connectivity index (χ0) is 10.4. The molecule has 1 rings (SSSR count). The molecule has 0 aliphatic carbocycles. The minimum absolute atomic E-state index is 0.167. The number of hydrogen-bond donors (Lipinski definition) is 1. The van der Waals surface area contributed by atoms with Gasteiger partial charge in [0.05, 0.1) is 5.75 Å². The third-order valence-corrected chi connectivity index (χ3v) is 2.62. The molecule has 1 N–H and O–H groups in total. The molecule has 0 spiro atoms. The Labute approximate surface area is 83.7 Å². The fourth-order valence-electron chi connectivity index (χ4n) is 1.14. The number of rotatable bonds is 5. The molecular formula is C9H13NO3S. The van der Waals surface area contributed by atoms with E-state index in [-0.39, 0.29) is 5.75 Å². The van der Waals surface area contributed by atoms with E-state index in [4.69, 9.17) is 4.55 Å². The van der Waals surface area contributed by atoms with Crippen LogP contribution in [0.5, 0.6) is 0 Å². The van der Waals surface area contributed by atoms with Crippen LogP contribution in [0, 0.1) is 0 Å². The monoisotopic (exact) mass is 215 g/mol. The van der Waals surface area contributed by atoms with Crippen molar-refractivity contribution in [2.24, 2.45) is 0 Å². The molecule has 1 aromatic heterocycles. The van der Waals surface area contributed by atoms with E-state index in [2.05, 4.69) is 4.98 Å². The highest BCUT2D eigenvalue weighted by atomic mass is 32.2. The lowest BCUT2D eigenvalue weighted by atomic mass is 10.2. The van der Waals surface area contributed by atoms with Crippen LogP contribution in [0.15, 0.2) is 24.4 Å². The highest BCUT2D eigenvalue weighted by Gasteiger charge is 2.03. The SMILES string of the molecule is O=S(=O)(O)CCCCc1ccccn1. The van der Waals surface area contributed by atoms with Gasteiger partial charge in [-0.15, -0.1) is 0 Å². The molecule has 0 aliphatic rings. The van der Waals surface area contributed by atoms with E-state index in [0.717, 1.165) is 18.5 Å². The van der Waals surface area contributed by atoms with E-state index < -0.39 is 10.1 Å². The smallest absolute Gasteiger partial charge is 0.264 e. The van der Waals surface area contributed by atoms with Gasteiger partial charge in [0.1, 0.15) is 0 Å². The molecule has 1 heterocycles. The summed E-state index contributed by atoms with van der Waals surface area (Å²) in [6, 6.07) is 5.63. The minimum atomic E-state index is -3.80. The largest absolute Gasteiger partial charge is 0.286 e. The summed E-state index contributed by atoms with van der Waals surface area (Å²) in [5, 5.41) is 0. The molecule has 0 aromatic carbocycles. The van der Waals surface area contributed by atoms with Gasteiger partial charge in [-0.3, -0.25) is 9.54 Å². The summed E-state index contributed by atoms with van der Waals surface area (Å²) >= 11 is 0. The van der Waals surface area contributed by atoms with E-state index in [1.807, 2.05) is 18.2 Å². The third-order valence-electron chi connectivity index (χ3n) is 1.81. The van der Waals surface area contributed by atoms with E-state index >= 15 is 0 Å². The van der Waals surface area contributed by atoms with Crippen molar-refractivity contribution in [2.75, 3.05) is 5.75 Å². The number of unbranched alkanes of at least 4 members (excludes halogenated alkanes) is 1. The second-order valence-corrected chi connectivity index (χ2v) is 4.64. The van der Waals surface area contributed by atoms with Crippen LogP contribution in [0.2, 0.25) is 0 Å². The Morgan fingerprint density at radius 3 is 2.64 bits per heavy atom. The normalized spacial score (nSPS) is 11.5.